The Hall–Kier alpha value is -1.44. The highest BCUT2D eigenvalue weighted by Crippen LogP contribution is 2.27. The number of aryl methyl sites for hydroxylation is 1. The van der Waals surface area contributed by atoms with Crippen molar-refractivity contribution in [3.63, 3.8) is 0 Å². The van der Waals surface area contributed by atoms with Crippen molar-refractivity contribution < 1.29 is 13.2 Å². The first-order chi connectivity index (χ1) is 12.8. The summed E-state index contributed by atoms with van der Waals surface area (Å²) in [7, 11) is -3.58. The zero-order valence-corrected chi connectivity index (χ0v) is 17.2. The zero-order valence-electron chi connectivity index (χ0n) is 16.4. The summed E-state index contributed by atoms with van der Waals surface area (Å²) in [6.45, 7) is 6.38. The van der Waals surface area contributed by atoms with Gasteiger partial charge in [-0.1, -0.05) is 12.5 Å². The van der Waals surface area contributed by atoms with Crippen LogP contribution in [-0.2, 0) is 10.0 Å². The van der Waals surface area contributed by atoms with Crippen LogP contribution in [0.5, 0.6) is 0 Å². The summed E-state index contributed by atoms with van der Waals surface area (Å²) < 4.78 is 27.8. The van der Waals surface area contributed by atoms with Crippen LogP contribution in [0.2, 0.25) is 0 Å². The molecule has 2 aliphatic rings. The third-order valence-electron chi connectivity index (χ3n) is 6.02. The zero-order chi connectivity index (χ0) is 19.6. The Kier molecular flexibility index (Phi) is 6.23. The number of nitrogens with two attached hydrogens (primary N) is 1. The van der Waals surface area contributed by atoms with Crippen LogP contribution in [0.15, 0.2) is 23.1 Å². The summed E-state index contributed by atoms with van der Waals surface area (Å²) in [6.07, 6.45) is 4.64. The normalized spacial score (nSPS) is 22.8. The fourth-order valence-corrected chi connectivity index (χ4v) is 5.82. The van der Waals surface area contributed by atoms with Gasteiger partial charge in [-0.05, 0) is 69.7 Å². The molecule has 1 amide bonds. The molecular formula is C20H31N3O3S. The first-order valence-electron chi connectivity index (χ1n) is 9.96. The highest BCUT2D eigenvalue weighted by atomic mass is 32.2. The number of piperidine rings is 2. The third kappa shape index (κ3) is 4.20. The quantitative estimate of drug-likeness (QED) is 0.851. The smallest absolute Gasteiger partial charge is 0.254 e. The number of nitrogens with zero attached hydrogens (tertiary/aromatic N) is 2. The van der Waals surface area contributed by atoms with Crippen LogP contribution in [-0.4, -0.2) is 55.8 Å². The van der Waals surface area contributed by atoms with Gasteiger partial charge in [0.2, 0.25) is 10.0 Å². The second-order valence-electron chi connectivity index (χ2n) is 7.91. The van der Waals surface area contributed by atoms with Crippen molar-refractivity contribution in [3.05, 3.63) is 29.3 Å². The van der Waals surface area contributed by atoms with E-state index in [1.807, 2.05) is 18.7 Å². The van der Waals surface area contributed by atoms with E-state index in [1.54, 1.807) is 22.5 Å². The Labute approximate surface area is 162 Å². The van der Waals surface area contributed by atoms with Gasteiger partial charge in [0.25, 0.3) is 5.91 Å². The van der Waals surface area contributed by atoms with E-state index < -0.39 is 10.0 Å². The van der Waals surface area contributed by atoms with Crippen molar-refractivity contribution in [1.82, 2.24) is 9.21 Å². The number of hydrogen-bond donors (Lipinski definition) is 1. The average Bonchev–Trinajstić information content (AvgIpc) is 2.68. The van der Waals surface area contributed by atoms with Crippen LogP contribution >= 0.6 is 0 Å². The molecule has 0 spiro atoms. The molecule has 2 heterocycles. The van der Waals surface area contributed by atoms with Gasteiger partial charge >= 0.3 is 0 Å². The van der Waals surface area contributed by atoms with E-state index in [4.69, 9.17) is 5.73 Å². The lowest BCUT2D eigenvalue weighted by Crippen LogP contribution is -2.42. The van der Waals surface area contributed by atoms with Crippen LogP contribution < -0.4 is 5.73 Å². The molecule has 0 aromatic heterocycles. The number of likely N-dealkylation sites (tertiary alicyclic amines) is 1. The third-order valence-corrected chi connectivity index (χ3v) is 8.03. The number of hydrogen-bond acceptors (Lipinski definition) is 4. The summed E-state index contributed by atoms with van der Waals surface area (Å²) in [4.78, 5) is 15.1. The van der Waals surface area contributed by atoms with Crippen molar-refractivity contribution in [2.45, 2.75) is 56.9 Å². The molecule has 0 aliphatic carbocycles. The average molecular weight is 394 g/mol. The summed E-state index contributed by atoms with van der Waals surface area (Å²) in [5.41, 5.74) is 7.04. The number of benzene rings is 1. The maximum atomic E-state index is 13.1. The van der Waals surface area contributed by atoms with E-state index >= 15 is 0 Å². The molecule has 7 heteroatoms. The number of rotatable bonds is 4. The molecule has 1 atom stereocenters. The highest BCUT2D eigenvalue weighted by Gasteiger charge is 2.32. The topological polar surface area (TPSA) is 83.7 Å². The van der Waals surface area contributed by atoms with E-state index in [0.717, 1.165) is 37.7 Å². The number of carbonyl (C=O) groups excluding carboxylic acids is 1. The molecule has 27 heavy (non-hydrogen) atoms. The van der Waals surface area contributed by atoms with E-state index in [-0.39, 0.29) is 16.8 Å². The van der Waals surface area contributed by atoms with Crippen LogP contribution in [0, 0.1) is 12.8 Å². The molecule has 0 radical (unpaired) electrons. The Morgan fingerprint density at radius 3 is 2.48 bits per heavy atom. The highest BCUT2D eigenvalue weighted by molar-refractivity contribution is 7.89. The molecule has 3 rings (SSSR count). The van der Waals surface area contributed by atoms with Gasteiger partial charge in [0.05, 0.1) is 4.90 Å². The largest absolute Gasteiger partial charge is 0.339 e. The number of amides is 1. The van der Waals surface area contributed by atoms with Gasteiger partial charge in [-0.15, -0.1) is 0 Å². The first kappa shape index (κ1) is 20.3. The van der Waals surface area contributed by atoms with Crippen molar-refractivity contribution in [3.8, 4) is 0 Å². The van der Waals surface area contributed by atoms with Gasteiger partial charge in [0, 0.05) is 31.2 Å². The van der Waals surface area contributed by atoms with Crippen molar-refractivity contribution in [2.24, 2.45) is 11.7 Å². The second kappa shape index (κ2) is 8.29. The predicted octanol–water partition coefficient (Wildman–Crippen LogP) is 2.37. The van der Waals surface area contributed by atoms with Crippen LogP contribution in [0.4, 0.5) is 0 Å². The molecule has 6 nitrogen and oxygen atoms in total. The number of carbonyl (C=O) groups is 1. The predicted molar refractivity (Wildman–Crippen MR) is 106 cm³/mol. The molecule has 2 N–H and O–H groups in total. The number of sulfonamides is 1. The minimum atomic E-state index is -3.58. The molecule has 150 valence electrons. The maximum absolute atomic E-state index is 13.1. The Bertz CT molecular complexity index is 786. The van der Waals surface area contributed by atoms with Crippen molar-refractivity contribution >= 4 is 15.9 Å². The maximum Gasteiger partial charge on any atom is 0.254 e. The first-order valence-corrected chi connectivity index (χ1v) is 11.4. The molecule has 2 fully saturated rings. The summed E-state index contributed by atoms with van der Waals surface area (Å²) in [5.74, 6) is 0.397. The van der Waals surface area contributed by atoms with E-state index in [1.165, 1.54) is 0 Å². The molecular weight excluding hydrogens is 362 g/mol. The van der Waals surface area contributed by atoms with Gasteiger partial charge in [-0.25, -0.2) is 8.42 Å². The molecule has 0 saturated carbocycles. The minimum Gasteiger partial charge on any atom is -0.339 e. The van der Waals surface area contributed by atoms with Gasteiger partial charge in [0.15, 0.2) is 0 Å². The second-order valence-corrected chi connectivity index (χ2v) is 9.80. The van der Waals surface area contributed by atoms with E-state index in [0.29, 0.717) is 37.7 Å². The van der Waals surface area contributed by atoms with Crippen LogP contribution in [0.1, 0.15) is 54.9 Å². The molecule has 0 bridgehead atoms. The lowest BCUT2D eigenvalue weighted by molar-refractivity contribution is 0.0692. The lowest BCUT2D eigenvalue weighted by atomic mass is 9.96. The summed E-state index contributed by atoms with van der Waals surface area (Å²) in [5, 5.41) is 0. The fraction of sp³-hybridized carbons (Fsp3) is 0.650. The van der Waals surface area contributed by atoms with Crippen molar-refractivity contribution in [1.29, 1.82) is 0 Å². The lowest BCUT2D eigenvalue weighted by Gasteiger charge is -2.33. The van der Waals surface area contributed by atoms with E-state index in [9.17, 15) is 13.2 Å². The van der Waals surface area contributed by atoms with E-state index in [2.05, 4.69) is 0 Å². The summed E-state index contributed by atoms with van der Waals surface area (Å²) in [6, 6.07) is 4.95. The monoisotopic (exact) mass is 393 g/mol. The van der Waals surface area contributed by atoms with Gasteiger partial charge in [0.1, 0.15) is 0 Å². The Balaban J connectivity index is 1.85. The van der Waals surface area contributed by atoms with Gasteiger partial charge in [-0.2, -0.15) is 4.31 Å². The van der Waals surface area contributed by atoms with Crippen LogP contribution in [0.3, 0.4) is 0 Å². The Morgan fingerprint density at radius 1 is 1.15 bits per heavy atom. The fourth-order valence-electron chi connectivity index (χ4n) is 4.10. The standard InChI is InChI=1S/C20H31N3O3S/c1-15-6-7-18(27(25,26)23-10-4-3-5-16(23)2)13-19(15)20(24)22-11-8-17(14-21)9-12-22/h6-7,13,16-17H,3-5,8-12,14,21H2,1-2H3. The molecule has 1 aromatic carbocycles. The molecule has 2 aliphatic heterocycles. The van der Waals surface area contributed by atoms with Crippen molar-refractivity contribution in [2.75, 3.05) is 26.2 Å². The summed E-state index contributed by atoms with van der Waals surface area (Å²) >= 11 is 0. The molecule has 2 saturated heterocycles. The van der Waals surface area contributed by atoms with Gasteiger partial charge < -0.3 is 10.6 Å². The van der Waals surface area contributed by atoms with Gasteiger partial charge in [-0.3, -0.25) is 4.79 Å². The Morgan fingerprint density at radius 2 is 1.85 bits per heavy atom. The molecule has 1 aromatic rings. The molecule has 1 unspecified atom stereocenters. The SMILES string of the molecule is Cc1ccc(S(=O)(=O)N2CCCCC2C)cc1C(=O)N1CCC(CN)CC1. The minimum absolute atomic E-state index is 0.000467. The van der Waals surface area contributed by atoms with Crippen LogP contribution in [0.25, 0.3) is 0 Å².